The van der Waals surface area contributed by atoms with Gasteiger partial charge in [-0.15, -0.1) is 0 Å². The van der Waals surface area contributed by atoms with Gasteiger partial charge in [-0.2, -0.15) is 0 Å². The fraction of sp³-hybridized carbons (Fsp3) is 0.600. The molecule has 8 aliphatic rings. The van der Waals surface area contributed by atoms with E-state index < -0.39 is 85.4 Å². The summed E-state index contributed by atoms with van der Waals surface area (Å²) in [6.07, 6.45) is 9.00. The number of anilines is 2. The molecule has 17 heteroatoms. The number of hydrogen-bond acceptors (Lipinski definition) is 11. The molecule has 3 N–H and O–H groups in total. The number of piperidine rings is 1. The molecule has 2 aromatic carbocycles. The number of benzene rings is 1. The van der Waals surface area contributed by atoms with Gasteiger partial charge in [0.05, 0.1) is 18.3 Å². The van der Waals surface area contributed by atoms with Crippen LogP contribution in [0.5, 0.6) is 0 Å². The van der Waals surface area contributed by atoms with Crippen LogP contribution in [0.2, 0.25) is 0 Å². The fourth-order valence-electron chi connectivity index (χ4n) is 10.3. The summed E-state index contributed by atoms with van der Waals surface area (Å²) >= 11 is 0. The lowest BCUT2D eigenvalue weighted by Crippen LogP contribution is -2.65. The van der Waals surface area contributed by atoms with Crippen molar-refractivity contribution in [1.29, 1.82) is 0 Å². The van der Waals surface area contributed by atoms with E-state index in [1.165, 1.54) is 15.9 Å². The minimum Gasteiger partial charge on any atom is -0.444 e. The molecular formula is C40H45FN6O9S. The highest BCUT2D eigenvalue weighted by Gasteiger charge is 2.78. The zero-order valence-corrected chi connectivity index (χ0v) is 32.2. The molecule has 6 fully saturated rings. The van der Waals surface area contributed by atoms with Crippen molar-refractivity contribution in [2.75, 3.05) is 16.8 Å². The van der Waals surface area contributed by atoms with E-state index in [0.29, 0.717) is 48.9 Å². The van der Waals surface area contributed by atoms with Crippen LogP contribution in [0, 0.1) is 17.2 Å². The molecule has 4 amide bonds. The maximum absolute atomic E-state index is 14.8. The van der Waals surface area contributed by atoms with E-state index >= 15 is 0 Å². The van der Waals surface area contributed by atoms with Crippen molar-refractivity contribution in [2.24, 2.45) is 11.3 Å². The van der Waals surface area contributed by atoms with E-state index in [0.717, 1.165) is 32.1 Å². The molecular weight excluding hydrogens is 760 g/mol. The first-order valence-electron chi connectivity index (χ1n) is 20.3. The van der Waals surface area contributed by atoms with Crippen LogP contribution in [0.25, 0.3) is 0 Å². The summed E-state index contributed by atoms with van der Waals surface area (Å²) in [4.78, 5) is 87.2. The van der Waals surface area contributed by atoms with Gasteiger partial charge in [0.1, 0.15) is 40.9 Å². The van der Waals surface area contributed by atoms with E-state index in [1.807, 2.05) is 17.1 Å². The van der Waals surface area contributed by atoms with Gasteiger partial charge in [-0.25, -0.2) is 17.6 Å². The van der Waals surface area contributed by atoms with E-state index in [4.69, 9.17) is 4.74 Å². The maximum atomic E-state index is 14.8. The summed E-state index contributed by atoms with van der Waals surface area (Å²) in [6.45, 7) is -0.0733. The molecule has 4 heterocycles. The first-order chi connectivity index (χ1) is 27.3. The van der Waals surface area contributed by atoms with Crippen LogP contribution in [0.1, 0.15) is 88.2 Å². The Kier molecular flexibility index (Phi) is 8.24. The Morgan fingerprint density at radius 1 is 0.965 bits per heavy atom. The molecule has 3 unspecified atom stereocenters. The van der Waals surface area contributed by atoms with Gasteiger partial charge >= 0.3 is 6.09 Å². The number of allylic oxidation sites excluding steroid dienone is 1. The summed E-state index contributed by atoms with van der Waals surface area (Å²) in [5.74, 6) is -3.01. The van der Waals surface area contributed by atoms with E-state index in [9.17, 15) is 41.6 Å². The molecule has 15 nitrogen and oxygen atoms in total. The average Bonchev–Trinajstić information content (AvgIpc) is 4.13. The molecule has 2 aromatic rings. The smallest absolute Gasteiger partial charge is 0.410 e. The summed E-state index contributed by atoms with van der Waals surface area (Å²) in [7, 11) is -3.94. The number of ether oxygens (including phenoxy) is 1. The van der Waals surface area contributed by atoms with Crippen LogP contribution < -0.4 is 31.1 Å². The van der Waals surface area contributed by atoms with Gasteiger partial charge < -0.3 is 25.2 Å². The Hall–Kier alpha value is -4.80. The van der Waals surface area contributed by atoms with Crippen LogP contribution in [-0.4, -0.2) is 89.6 Å². The molecule has 4 aliphatic carbocycles. The summed E-state index contributed by atoms with van der Waals surface area (Å²) in [5.41, 5.74) is -1.08. The first-order valence-corrected chi connectivity index (χ1v) is 21.8. The number of rotatable bonds is 7. The number of fused-ring (bicyclic) bond motifs is 3. The first kappa shape index (κ1) is 36.5. The number of carbonyl (C=O) groups excluding carboxylic acids is 4. The van der Waals surface area contributed by atoms with Crippen LogP contribution >= 0.6 is 0 Å². The highest BCUT2D eigenvalue weighted by molar-refractivity contribution is 7.91. The van der Waals surface area contributed by atoms with Crippen molar-refractivity contribution in [2.45, 2.75) is 131 Å². The molecule has 57 heavy (non-hydrogen) atoms. The predicted octanol–water partition coefficient (Wildman–Crippen LogP) is 2.07. The quantitative estimate of drug-likeness (QED) is 0.274. The van der Waals surface area contributed by atoms with Crippen molar-refractivity contribution < 1.29 is 36.7 Å². The summed E-state index contributed by atoms with van der Waals surface area (Å²) < 4.78 is 48.3. The molecule has 1 spiro atoms. The number of hydrogen-bond donors (Lipinski definition) is 3. The molecule has 8 atom stereocenters. The lowest BCUT2D eigenvalue weighted by Gasteiger charge is -2.56. The van der Waals surface area contributed by atoms with E-state index in [-0.39, 0.29) is 55.7 Å². The zero-order chi connectivity index (χ0) is 39.6. The minimum atomic E-state index is -3.94. The maximum Gasteiger partial charge on any atom is 0.410 e. The minimum absolute atomic E-state index is 0.00748. The van der Waals surface area contributed by atoms with Gasteiger partial charge in [0.15, 0.2) is 0 Å². The zero-order valence-electron chi connectivity index (χ0n) is 31.3. The predicted molar refractivity (Wildman–Crippen MR) is 202 cm³/mol. The van der Waals surface area contributed by atoms with Gasteiger partial charge in [-0.3, -0.25) is 33.6 Å². The topological polar surface area (TPSA) is 192 Å². The Morgan fingerprint density at radius 2 is 1.79 bits per heavy atom. The summed E-state index contributed by atoms with van der Waals surface area (Å²) in [5, 5.41) is 5.31. The number of nitrogens with zero attached hydrogens (tertiary/aromatic N) is 3. The number of halogens is 1. The standard InChI is InChI=1S/C40H45FN6O9S/c41-26-9-6-7-21-18-45(20-25(21)26)38(53)56-23-15-28-35(50)43-40(37(52)44-57(54,55)24-11-12-24)16-22(40)8-4-2-1-3-5-10-27(36(51)46(28)19-23)42-31-32(34(49)33(31)48)47-29-13-14-39(29)17-30(39)47/h4,6-9,22-24,27-30,42H,1-3,5,10-20H2,(H,43,50)(H,44,52)/b8-4-/t22-,23+,27-,28-,29?,30?,39?,40+/m0/s1. The lowest BCUT2D eigenvalue weighted by molar-refractivity contribution is -0.140. The van der Waals surface area contributed by atoms with Crippen LogP contribution in [0.15, 0.2) is 39.9 Å². The van der Waals surface area contributed by atoms with Crippen molar-refractivity contribution in [1.82, 2.24) is 19.8 Å². The second-order valence-electron chi connectivity index (χ2n) is 17.5. The van der Waals surface area contributed by atoms with Crippen molar-refractivity contribution in [3.05, 3.63) is 67.7 Å². The average molecular weight is 805 g/mol. The van der Waals surface area contributed by atoms with Gasteiger partial charge in [0, 0.05) is 41.9 Å². The van der Waals surface area contributed by atoms with Gasteiger partial charge in [-0.05, 0) is 69.4 Å². The third kappa shape index (κ3) is 5.80. The number of sulfonamides is 1. The second kappa shape index (κ2) is 12.9. The normalized spacial score (nSPS) is 34.8. The Balaban J connectivity index is 0.931. The van der Waals surface area contributed by atoms with Crippen molar-refractivity contribution in [3.63, 3.8) is 0 Å². The molecule has 10 rings (SSSR count). The Labute approximate surface area is 328 Å². The second-order valence-corrected chi connectivity index (χ2v) is 19.4. The molecule has 0 aromatic heterocycles. The van der Waals surface area contributed by atoms with Crippen LogP contribution in [0.3, 0.4) is 0 Å². The Morgan fingerprint density at radius 3 is 2.51 bits per heavy atom. The number of carbonyl (C=O) groups is 4. The van der Waals surface area contributed by atoms with Crippen LogP contribution in [0.4, 0.5) is 20.6 Å². The van der Waals surface area contributed by atoms with Crippen LogP contribution in [-0.2, 0) is 42.2 Å². The van der Waals surface area contributed by atoms with E-state index in [2.05, 4.69) is 15.4 Å². The molecule has 4 saturated carbocycles. The monoisotopic (exact) mass is 804 g/mol. The van der Waals surface area contributed by atoms with Gasteiger partial charge in [0.2, 0.25) is 21.8 Å². The molecule has 0 bridgehead atoms. The molecule has 2 saturated heterocycles. The third-order valence-corrected chi connectivity index (χ3v) is 15.9. The van der Waals surface area contributed by atoms with Crippen molar-refractivity contribution in [3.8, 4) is 0 Å². The summed E-state index contributed by atoms with van der Waals surface area (Å²) in [6, 6.07) is 2.83. The molecule has 302 valence electrons. The highest BCUT2D eigenvalue weighted by atomic mass is 32.2. The highest BCUT2D eigenvalue weighted by Crippen LogP contribution is 2.74. The molecule has 0 radical (unpaired) electrons. The van der Waals surface area contributed by atoms with Crippen molar-refractivity contribution >= 4 is 45.2 Å². The third-order valence-electron chi connectivity index (χ3n) is 14.1. The number of amides is 4. The van der Waals surface area contributed by atoms with E-state index in [1.54, 1.807) is 12.1 Å². The number of nitrogens with one attached hydrogen (secondary N) is 3. The Bertz CT molecular complexity index is 2320. The molecule has 4 aliphatic heterocycles. The SMILES string of the molecule is O=C1N[C@]2(C(=O)NS(=O)(=O)C3CC3)C[C@@H]2/C=C\CCCCC[C@H](Nc2c(N3C4CCC45CC35)c(=O)c2=O)C(=O)N2C[C@H](OC(=O)N3Cc4cccc(F)c4C3)C[C@@H]12. The lowest BCUT2D eigenvalue weighted by atomic mass is 9.68. The van der Waals surface area contributed by atoms with Gasteiger partial charge in [-0.1, -0.05) is 37.1 Å². The largest absolute Gasteiger partial charge is 0.444 e. The van der Waals surface area contributed by atoms with Gasteiger partial charge in [0.25, 0.3) is 16.8 Å². The fourth-order valence-corrected chi connectivity index (χ4v) is 11.7.